The second kappa shape index (κ2) is 7.66. The summed E-state index contributed by atoms with van der Waals surface area (Å²) in [6.07, 6.45) is 3.63. The number of phenols is 1. The second-order valence-corrected chi connectivity index (χ2v) is 5.89. The molecular formula is C17H28N2O2. The van der Waals surface area contributed by atoms with Crippen molar-refractivity contribution in [1.29, 1.82) is 0 Å². The lowest BCUT2D eigenvalue weighted by Crippen LogP contribution is -2.39. The van der Waals surface area contributed by atoms with Crippen LogP contribution in [0.3, 0.4) is 0 Å². The number of rotatable bonds is 7. The van der Waals surface area contributed by atoms with E-state index in [2.05, 4.69) is 24.1 Å². The molecule has 0 amide bonds. The molecule has 2 N–H and O–H groups in total. The first-order valence-electron chi connectivity index (χ1n) is 8.00. The van der Waals surface area contributed by atoms with Crippen LogP contribution in [0.15, 0.2) is 18.2 Å². The molecule has 2 unspecified atom stereocenters. The average molecular weight is 292 g/mol. The molecule has 0 aliphatic carbocycles. The van der Waals surface area contributed by atoms with Crippen LogP contribution in [0.2, 0.25) is 0 Å². The minimum Gasteiger partial charge on any atom is -0.508 e. The van der Waals surface area contributed by atoms with E-state index in [1.807, 2.05) is 6.07 Å². The van der Waals surface area contributed by atoms with Crippen LogP contribution in [0.25, 0.3) is 0 Å². The predicted molar refractivity (Wildman–Crippen MR) is 86.0 cm³/mol. The number of hydrogen-bond acceptors (Lipinski definition) is 4. The van der Waals surface area contributed by atoms with Crippen LogP contribution in [-0.2, 0) is 0 Å². The molecule has 1 aliphatic rings. The molecule has 1 heterocycles. The van der Waals surface area contributed by atoms with Gasteiger partial charge in [0.25, 0.3) is 0 Å². The Balaban J connectivity index is 2.14. The Morgan fingerprint density at radius 1 is 1.48 bits per heavy atom. The largest absolute Gasteiger partial charge is 0.508 e. The standard InChI is InChI=1S/C17H28N2O2/c1-4-10-19(12-14-6-5-9-18-14)13(2)16-11-15(21-3)7-8-17(16)20/h7-8,11,13-14,18,20H,4-6,9-10,12H2,1-3H3. The number of benzene rings is 1. The fourth-order valence-corrected chi connectivity index (χ4v) is 3.12. The van der Waals surface area contributed by atoms with Gasteiger partial charge >= 0.3 is 0 Å². The summed E-state index contributed by atoms with van der Waals surface area (Å²) in [5, 5.41) is 13.7. The molecule has 2 rings (SSSR count). The number of nitrogens with zero attached hydrogens (tertiary/aromatic N) is 1. The van der Waals surface area contributed by atoms with Crippen molar-refractivity contribution in [3.8, 4) is 11.5 Å². The lowest BCUT2D eigenvalue weighted by molar-refractivity contribution is 0.189. The van der Waals surface area contributed by atoms with Crippen molar-refractivity contribution in [3.05, 3.63) is 23.8 Å². The van der Waals surface area contributed by atoms with E-state index in [0.29, 0.717) is 11.8 Å². The fraction of sp³-hybridized carbons (Fsp3) is 0.647. The number of aromatic hydroxyl groups is 1. The van der Waals surface area contributed by atoms with Crippen LogP contribution in [0.5, 0.6) is 11.5 Å². The minimum absolute atomic E-state index is 0.183. The Bertz CT molecular complexity index is 444. The number of hydrogen-bond donors (Lipinski definition) is 2. The van der Waals surface area contributed by atoms with Crippen LogP contribution in [0, 0.1) is 0 Å². The van der Waals surface area contributed by atoms with Crippen LogP contribution >= 0.6 is 0 Å². The number of nitrogens with one attached hydrogen (secondary N) is 1. The summed E-state index contributed by atoms with van der Waals surface area (Å²) in [5.74, 6) is 1.15. The molecule has 21 heavy (non-hydrogen) atoms. The molecule has 4 nitrogen and oxygen atoms in total. The fourth-order valence-electron chi connectivity index (χ4n) is 3.12. The highest BCUT2D eigenvalue weighted by Crippen LogP contribution is 2.32. The van der Waals surface area contributed by atoms with Crippen molar-refractivity contribution in [3.63, 3.8) is 0 Å². The van der Waals surface area contributed by atoms with Crippen molar-refractivity contribution in [2.45, 2.75) is 45.2 Å². The van der Waals surface area contributed by atoms with Gasteiger partial charge in [0.1, 0.15) is 11.5 Å². The highest BCUT2D eigenvalue weighted by Gasteiger charge is 2.23. The average Bonchev–Trinajstić information content (AvgIpc) is 3.00. The molecule has 4 heteroatoms. The van der Waals surface area contributed by atoms with E-state index in [0.717, 1.165) is 37.4 Å². The zero-order chi connectivity index (χ0) is 15.2. The molecule has 1 aliphatic heterocycles. The van der Waals surface area contributed by atoms with Gasteiger partial charge in [-0.05, 0) is 57.5 Å². The molecule has 1 saturated heterocycles. The highest BCUT2D eigenvalue weighted by molar-refractivity contribution is 5.41. The van der Waals surface area contributed by atoms with Gasteiger partial charge in [-0.15, -0.1) is 0 Å². The summed E-state index contributed by atoms with van der Waals surface area (Å²) >= 11 is 0. The highest BCUT2D eigenvalue weighted by atomic mass is 16.5. The van der Waals surface area contributed by atoms with Gasteiger partial charge in [-0.2, -0.15) is 0 Å². The Morgan fingerprint density at radius 3 is 2.90 bits per heavy atom. The normalized spacial score (nSPS) is 19.9. The molecule has 1 aromatic rings. The van der Waals surface area contributed by atoms with E-state index in [9.17, 15) is 5.11 Å². The number of phenolic OH excluding ortho intramolecular Hbond substituents is 1. The van der Waals surface area contributed by atoms with Crippen LogP contribution in [0.1, 0.15) is 44.7 Å². The van der Waals surface area contributed by atoms with Crippen LogP contribution < -0.4 is 10.1 Å². The van der Waals surface area contributed by atoms with Crippen molar-refractivity contribution in [2.75, 3.05) is 26.7 Å². The Morgan fingerprint density at radius 2 is 2.29 bits per heavy atom. The van der Waals surface area contributed by atoms with Gasteiger partial charge in [-0.3, -0.25) is 4.90 Å². The zero-order valence-corrected chi connectivity index (χ0v) is 13.4. The molecule has 1 aromatic carbocycles. The molecule has 0 radical (unpaired) electrons. The van der Waals surface area contributed by atoms with Crippen molar-refractivity contribution in [2.24, 2.45) is 0 Å². The minimum atomic E-state index is 0.183. The summed E-state index contributed by atoms with van der Waals surface area (Å²) in [6.45, 7) is 7.57. The summed E-state index contributed by atoms with van der Waals surface area (Å²) in [6, 6.07) is 6.23. The maximum absolute atomic E-state index is 10.2. The lowest BCUT2D eigenvalue weighted by Gasteiger charge is -2.32. The Kier molecular flexibility index (Phi) is 5.88. The zero-order valence-electron chi connectivity index (χ0n) is 13.4. The van der Waals surface area contributed by atoms with E-state index >= 15 is 0 Å². The predicted octanol–water partition coefficient (Wildman–Crippen LogP) is 2.93. The van der Waals surface area contributed by atoms with Crippen molar-refractivity contribution >= 4 is 0 Å². The third kappa shape index (κ3) is 4.11. The Hall–Kier alpha value is -1.26. The van der Waals surface area contributed by atoms with Gasteiger partial charge in [0.05, 0.1) is 7.11 Å². The quantitative estimate of drug-likeness (QED) is 0.811. The summed E-state index contributed by atoms with van der Waals surface area (Å²) in [5.41, 5.74) is 0.945. The third-order valence-electron chi connectivity index (χ3n) is 4.36. The molecule has 2 atom stereocenters. The maximum atomic E-state index is 10.2. The second-order valence-electron chi connectivity index (χ2n) is 5.89. The smallest absolute Gasteiger partial charge is 0.120 e. The van der Waals surface area contributed by atoms with Gasteiger partial charge in [-0.25, -0.2) is 0 Å². The number of ether oxygens (including phenoxy) is 1. The molecule has 0 bridgehead atoms. The Labute approximate surface area is 128 Å². The van der Waals surface area contributed by atoms with E-state index in [4.69, 9.17) is 4.74 Å². The molecule has 118 valence electrons. The summed E-state index contributed by atoms with van der Waals surface area (Å²) in [4.78, 5) is 2.46. The maximum Gasteiger partial charge on any atom is 0.120 e. The van der Waals surface area contributed by atoms with Gasteiger partial charge < -0.3 is 15.2 Å². The first-order chi connectivity index (χ1) is 10.2. The first kappa shape index (κ1) is 16.1. The van der Waals surface area contributed by atoms with Crippen molar-refractivity contribution in [1.82, 2.24) is 10.2 Å². The topological polar surface area (TPSA) is 44.7 Å². The van der Waals surface area contributed by atoms with Gasteiger partial charge in [0.15, 0.2) is 0 Å². The van der Waals surface area contributed by atoms with Gasteiger partial charge in [0.2, 0.25) is 0 Å². The molecule has 0 aromatic heterocycles. The van der Waals surface area contributed by atoms with Crippen molar-refractivity contribution < 1.29 is 9.84 Å². The van der Waals surface area contributed by atoms with E-state index in [1.165, 1.54) is 12.8 Å². The SMILES string of the molecule is CCCN(CC1CCCN1)C(C)c1cc(OC)ccc1O. The molecule has 0 spiro atoms. The van der Waals surface area contributed by atoms with Crippen LogP contribution in [-0.4, -0.2) is 42.8 Å². The lowest BCUT2D eigenvalue weighted by atomic mass is 10.0. The van der Waals surface area contributed by atoms with Crippen LogP contribution in [0.4, 0.5) is 0 Å². The van der Waals surface area contributed by atoms with Gasteiger partial charge in [0, 0.05) is 24.2 Å². The summed E-state index contributed by atoms with van der Waals surface area (Å²) in [7, 11) is 1.66. The molecule has 1 fully saturated rings. The summed E-state index contributed by atoms with van der Waals surface area (Å²) < 4.78 is 5.29. The molecule has 0 saturated carbocycles. The van der Waals surface area contributed by atoms with Gasteiger partial charge in [-0.1, -0.05) is 6.92 Å². The van der Waals surface area contributed by atoms with E-state index < -0.39 is 0 Å². The van der Waals surface area contributed by atoms with E-state index in [1.54, 1.807) is 19.2 Å². The number of methoxy groups -OCH3 is 1. The molecular weight excluding hydrogens is 264 g/mol. The third-order valence-corrected chi connectivity index (χ3v) is 4.36. The first-order valence-corrected chi connectivity index (χ1v) is 8.00. The van der Waals surface area contributed by atoms with E-state index in [-0.39, 0.29) is 6.04 Å². The monoisotopic (exact) mass is 292 g/mol.